The minimum atomic E-state index is 0.268. The van der Waals surface area contributed by atoms with Crippen molar-refractivity contribution in [2.75, 3.05) is 13.1 Å². The average molecular weight is 282 g/mol. The van der Waals surface area contributed by atoms with Crippen molar-refractivity contribution >= 4 is 21.7 Å². The van der Waals surface area contributed by atoms with E-state index in [-0.39, 0.29) is 5.92 Å². The van der Waals surface area contributed by atoms with Crippen molar-refractivity contribution in [1.82, 2.24) is 5.32 Å². The van der Waals surface area contributed by atoms with Crippen molar-refractivity contribution in [3.8, 4) is 0 Å². The van der Waals surface area contributed by atoms with E-state index in [1.165, 1.54) is 0 Å². The topological polar surface area (TPSA) is 29.1 Å². The number of rotatable bonds is 3. The molecule has 0 amide bonds. The zero-order valence-electron chi connectivity index (χ0n) is 9.21. The molecule has 16 heavy (non-hydrogen) atoms. The number of halogens is 1. The number of nitrogens with one attached hydrogen (secondary N) is 1. The molecule has 1 fully saturated rings. The molecule has 1 aromatic carbocycles. The Bertz CT molecular complexity index is 355. The fourth-order valence-electron chi connectivity index (χ4n) is 2.09. The summed E-state index contributed by atoms with van der Waals surface area (Å²) < 4.78 is 1.06. The maximum atomic E-state index is 12.0. The summed E-state index contributed by atoms with van der Waals surface area (Å²) in [5.74, 6) is 0.661. The number of piperidine rings is 1. The van der Waals surface area contributed by atoms with Crippen molar-refractivity contribution < 1.29 is 4.79 Å². The molecule has 0 radical (unpaired) electrons. The van der Waals surface area contributed by atoms with E-state index in [2.05, 4.69) is 21.2 Å². The Balaban J connectivity index is 1.93. The van der Waals surface area contributed by atoms with Crippen LogP contribution in [0, 0.1) is 5.92 Å². The highest BCUT2D eigenvalue weighted by Gasteiger charge is 2.20. The smallest absolute Gasteiger partial charge is 0.140 e. The lowest BCUT2D eigenvalue weighted by atomic mass is 9.90. The molecule has 0 saturated carbocycles. The minimum Gasteiger partial charge on any atom is -0.317 e. The first-order chi connectivity index (χ1) is 7.75. The molecule has 1 N–H and O–H groups in total. The van der Waals surface area contributed by atoms with E-state index in [4.69, 9.17) is 0 Å². The Labute approximate surface area is 105 Å². The van der Waals surface area contributed by atoms with Crippen LogP contribution in [-0.4, -0.2) is 18.9 Å². The van der Waals surface area contributed by atoms with E-state index in [1.54, 1.807) is 0 Å². The lowest BCUT2D eigenvalue weighted by molar-refractivity contribution is -0.122. The number of hydrogen-bond acceptors (Lipinski definition) is 2. The Hall–Kier alpha value is -0.670. The standard InChI is InChI=1S/C13H16BrNO/c14-12-3-1-10(2-4-12)9-13(16)11-5-7-15-8-6-11/h1-4,11,15H,5-9H2. The van der Waals surface area contributed by atoms with Crippen LogP contribution >= 0.6 is 15.9 Å². The monoisotopic (exact) mass is 281 g/mol. The van der Waals surface area contributed by atoms with Gasteiger partial charge in [0, 0.05) is 16.8 Å². The quantitative estimate of drug-likeness (QED) is 0.923. The van der Waals surface area contributed by atoms with Gasteiger partial charge in [-0.2, -0.15) is 0 Å². The SMILES string of the molecule is O=C(Cc1ccc(Br)cc1)C1CCNCC1. The van der Waals surface area contributed by atoms with Gasteiger partial charge in [-0.1, -0.05) is 28.1 Å². The maximum absolute atomic E-state index is 12.0. The van der Waals surface area contributed by atoms with Crippen LogP contribution in [0.4, 0.5) is 0 Å². The number of benzene rings is 1. The molecular weight excluding hydrogens is 266 g/mol. The van der Waals surface area contributed by atoms with E-state index in [1.807, 2.05) is 24.3 Å². The molecule has 0 atom stereocenters. The fourth-order valence-corrected chi connectivity index (χ4v) is 2.36. The molecule has 0 bridgehead atoms. The molecule has 1 aliphatic heterocycles. The molecule has 1 aliphatic rings. The normalized spacial score (nSPS) is 17.3. The highest BCUT2D eigenvalue weighted by molar-refractivity contribution is 9.10. The van der Waals surface area contributed by atoms with E-state index < -0.39 is 0 Å². The van der Waals surface area contributed by atoms with Crippen molar-refractivity contribution in [1.29, 1.82) is 0 Å². The predicted molar refractivity (Wildman–Crippen MR) is 68.4 cm³/mol. The highest BCUT2D eigenvalue weighted by atomic mass is 79.9. The Morgan fingerprint density at radius 2 is 1.88 bits per heavy atom. The summed E-state index contributed by atoms with van der Waals surface area (Å²) in [6, 6.07) is 8.02. The second kappa shape index (κ2) is 5.60. The molecule has 0 unspecified atom stereocenters. The molecule has 0 spiro atoms. The van der Waals surface area contributed by atoms with E-state index in [0.29, 0.717) is 12.2 Å². The summed E-state index contributed by atoms with van der Waals surface area (Å²) >= 11 is 3.40. The lowest BCUT2D eigenvalue weighted by Gasteiger charge is -2.21. The zero-order valence-corrected chi connectivity index (χ0v) is 10.8. The molecule has 86 valence electrons. The van der Waals surface area contributed by atoms with Crippen LogP contribution in [-0.2, 0) is 11.2 Å². The van der Waals surface area contributed by atoms with Crippen molar-refractivity contribution in [2.45, 2.75) is 19.3 Å². The molecule has 3 heteroatoms. The van der Waals surface area contributed by atoms with E-state index in [9.17, 15) is 4.79 Å². The van der Waals surface area contributed by atoms with Crippen LogP contribution < -0.4 is 5.32 Å². The van der Waals surface area contributed by atoms with Crippen LogP contribution in [0.1, 0.15) is 18.4 Å². The summed E-state index contributed by atoms with van der Waals surface area (Å²) in [6.07, 6.45) is 2.57. The van der Waals surface area contributed by atoms with Gasteiger partial charge in [-0.05, 0) is 43.6 Å². The molecule has 0 aromatic heterocycles. The highest BCUT2D eigenvalue weighted by Crippen LogP contribution is 2.17. The molecule has 0 aliphatic carbocycles. The lowest BCUT2D eigenvalue weighted by Crippen LogP contribution is -2.32. The number of Topliss-reactive ketones (excluding diaryl/α,β-unsaturated/α-hetero) is 1. The maximum Gasteiger partial charge on any atom is 0.140 e. The van der Waals surface area contributed by atoms with Gasteiger partial charge in [0.1, 0.15) is 5.78 Å². The molecule has 2 nitrogen and oxygen atoms in total. The van der Waals surface area contributed by atoms with Crippen LogP contribution in [0.5, 0.6) is 0 Å². The van der Waals surface area contributed by atoms with Gasteiger partial charge in [-0.15, -0.1) is 0 Å². The third-order valence-electron chi connectivity index (χ3n) is 3.09. The summed E-state index contributed by atoms with van der Waals surface area (Å²) in [5, 5.41) is 3.28. The number of carbonyl (C=O) groups excluding carboxylic acids is 1. The van der Waals surface area contributed by atoms with Crippen LogP contribution in [0.25, 0.3) is 0 Å². The van der Waals surface area contributed by atoms with Gasteiger partial charge in [0.25, 0.3) is 0 Å². The molecule has 1 aromatic rings. The average Bonchev–Trinajstić information content (AvgIpc) is 2.33. The third kappa shape index (κ3) is 3.16. The second-order valence-corrected chi connectivity index (χ2v) is 5.21. The van der Waals surface area contributed by atoms with Gasteiger partial charge in [-0.3, -0.25) is 4.79 Å². The second-order valence-electron chi connectivity index (χ2n) is 4.29. The summed E-state index contributed by atoms with van der Waals surface area (Å²) in [6.45, 7) is 1.97. The summed E-state index contributed by atoms with van der Waals surface area (Å²) in [5.41, 5.74) is 1.12. The van der Waals surface area contributed by atoms with Gasteiger partial charge >= 0.3 is 0 Å². The predicted octanol–water partition coefficient (Wildman–Crippen LogP) is 2.56. The molecule has 1 saturated heterocycles. The van der Waals surface area contributed by atoms with Crippen molar-refractivity contribution in [3.63, 3.8) is 0 Å². The van der Waals surface area contributed by atoms with Gasteiger partial charge in [0.15, 0.2) is 0 Å². The van der Waals surface area contributed by atoms with Gasteiger partial charge in [0.2, 0.25) is 0 Å². The molecule has 1 heterocycles. The number of ketones is 1. The van der Waals surface area contributed by atoms with Crippen LogP contribution in [0.2, 0.25) is 0 Å². The zero-order chi connectivity index (χ0) is 11.4. The Morgan fingerprint density at radius 1 is 1.25 bits per heavy atom. The summed E-state index contributed by atoms with van der Waals surface area (Å²) in [7, 11) is 0. The number of hydrogen-bond donors (Lipinski definition) is 1. The van der Waals surface area contributed by atoms with Gasteiger partial charge in [-0.25, -0.2) is 0 Å². The number of carbonyl (C=O) groups is 1. The van der Waals surface area contributed by atoms with E-state index in [0.717, 1.165) is 36.0 Å². The van der Waals surface area contributed by atoms with E-state index >= 15 is 0 Å². The van der Waals surface area contributed by atoms with Crippen LogP contribution in [0.3, 0.4) is 0 Å². The first kappa shape index (κ1) is 11.8. The van der Waals surface area contributed by atoms with Gasteiger partial charge < -0.3 is 5.32 Å². The van der Waals surface area contributed by atoms with Crippen molar-refractivity contribution in [3.05, 3.63) is 34.3 Å². The first-order valence-corrected chi connectivity index (χ1v) is 6.53. The third-order valence-corrected chi connectivity index (χ3v) is 3.61. The van der Waals surface area contributed by atoms with Gasteiger partial charge in [0.05, 0.1) is 0 Å². The summed E-state index contributed by atoms with van der Waals surface area (Å²) in [4.78, 5) is 12.0. The molecule has 2 rings (SSSR count). The fraction of sp³-hybridized carbons (Fsp3) is 0.462. The first-order valence-electron chi connectivity index (χ1n) is 5.73. The minimum absolute atomic E-state index is 0.268. The molecular formula is C13H16BrNO. The largest absolute Gasteiger partial charge is 0.317 e. The Morgan fingerprint density at radius 3 is 2.50 bits per heavy atom. The van der Waals surface area contributed by atoms with Crippen molar-refractivity contribution in [2.24, 2.45) is 5.92 Å². The van der Waals surface area contributed by atoms with Crippen LogP contribution in [0.15, 0.2) is 28.7 Å². The Kier molecular flexibility index (Phi) is 4.13.